The van der Waals surface area contributed by atoms with Crippen molar-refractivity contribution in [1.82, 2.24) is 0 Å². The zero-order valence-electron chi connectivity index (χ0n) is 7.56. The van der Waals surface area contributed by atoms with Crippen molar-refractivity contribution in [2.24, 2.45) is 5.73 Å². The summed E-state index contributed by atoms with van der Waals surface area (Å²) in [4.78, 5) is 0. The number of halogens is 2. The number of benzene rings is 1. The molecule has 1 aromatic carbocycles. The third-order valence-electron chi connectivity index (χ3n) is 1.97. The van der Waals surface area contributed by atoms with Crippen molar-refractivity contribution in [2.75, 3.05) is 0 Å². The molecule has 0 heterocycles. The van der Waals surface area contributed by atoms with Crippen molar-refractivity contribution < 1.29 is 0 Å². The second-order valence-corrected chi connectivity index (χ2v) is 3.88. The Balaban J connectivity index is 2.84. The van der Waals surface area contributed by atoms with Crippen molar-refractivity contribution in [1.29, 1.82) is 0 Å². The van der Waals surface area contributed by atoms with E-state index in [2.05, 4.69) is 6.92 Å². The van der Waals surface area contributed by atoms with Crippen LogP contribution < -0.4 is 5.73 Å². The molecule has 1 aromatic rings. The quantitative estimate of drug-likeness (QED) is 0.820. The normalized spacial score (nSPS) is 12.9. The molecule has 0 aliphatic carbocycles. The maximum Gasteiger partial charge on any atom is 0.0595 e. The Bertz CT molecular complexity index is 286. The summed E-state index contributed by atoms with van der Waals surface area (Å²) >= 11 is 11.7. The number of hydrogen-bond donors (Lipinski definition) is 1. The highest BCUT2D eigenvalue weighted by atomic mass is 35.5. The fourth-order valence-electron chi connectivity index (χ4n) is 1.22. The number of rotatable bonds is 3. The van der Waals surface area contributed by atoms with Gasteiger partial charge in [0.05, 0.1) is 10.0 Å². The minimum Gasteiger partial charge on any atom is -0.324 e. The predicted molar refractivity (Wildman–Crippen MR) is 58.3 cm³/mol. The van der Waals surface area contributed by atoms with E-state index in [0.29, 0.717) is 10.0 Å². The van der Waals surface area contributed by atoms with Crippen molar-refractivity contribution >= 4 is 23.2 Å². The summed E-state index contributed by atoms with van der Waals surface area (Å²) in [6.07, 6.45) is 2.04. The SMILES string of the molecule is CCCC(N)c1ccc(Cl)c(Cl)c1. The fraction of sp³-hybridized carbons (Fsp3) is 0.400. The van der Waals surface area contributed by atoms with Gasteiger partial charge in [0, 0.05) is 6.04 Å². The molecule has 0 fully saturated rings. The zero-order valence-corrected chi connectivity index (χ0v) is 9.07. The van der Waals surface area contributed by atoms with Crippen LogP contribution in [0, 0.1) is 0 Å². The van der Waals surface area contributed by atoms with Crippen LogP contribution in [0.15, 0.2) is 18.2 Å². The summed E-state index contributed by atoms with van der Waals surface area (Å²) in [6.45, 7) is 2.11. The van der Waals surface area contributed by atoms with Gasteiger partial charge < -0.3 is 5.73 Å². The summed E-state index contributed by atoms with van der Waals surface area (Å²) in [5.74, 6) is 0. The van der Waals surface area contributed by atoms with Gasteiger partial charge in [0.15, 0.2) is 0 Å². The molecule has 1 rings (SSSR count). The molecule has 0 aliphatic rings. The molecule has 2 N–H and O–H groups in total. The molecule has 13 heavy (non-hydrogen) atoms. The summed E-state index contributed by atoms with van der Waals surface area (Å²) in [5, 5.41) is 1.15. The van der Waals surface area contributed by atoms with Gasteiger partial charge in [-0.1, -0.05) is 42.6 Å². The average Bonchev–Trinajstić information content (AvgIpc) is 2.10. The number of hydrogen-bond acceptors (Lipinski definition) is 1. The van der Waals surface area contributed by atoms with Crippen molar-refractivity contribution in [3.8, 4) is 0 Å². The monoisotopic (exact) mass is 217 g/mol. The van der Waals surface area contributed by atoms with Crippen LogP contribution >= 0.6 is 23.2 Å². The molecule has 1 nitrogen and oxygen atoms in total. The van der Waals surface area contributed by atoms with Gasteiger partial charge in [0.25, 0.3) is 0 Å². The van der Waals surface area contributed by atoms with E-state index in [0.717, 1.165) is 18.4 Å². The van der Waals surface area contributed by atoms with Crippen molar-refractivity contribution in [3.63, 3.8) is 0 Å². The molecule has 0 amide bonds. The Hall–Kier alpha value is -0.240. The summed E-state index contributed by atoms with van der Waals surface area (Å²) in [7, 11) is 0. The molecule has 1 unspecified atom stereocenters. The van der Waals surface area contributed by atoms with Crippen LogP contribution in [-0.4, -0.2) is 0 Å². The highest BCUT2D eigenvalue weighted by molar-refractivity contribution is 6.42. The van der Waals surface area contributed by atoms with E-state index in [1.165, 1.54) is 0 Å². The lowest BCUT2D eigenvalue weighted by Gasteiger charge is -2.11. The largest absolute Gasteiger partial charge is 0.324 e. The van der Waals surface area contributed by atoms with E-state index in [4.69, 9.17) is 28.9 Å². The van der Waals surface area contributed by atoms with Crippen molar-refractivity contribution in [3.05, 3.63) is 33.8 Å². The van der Waals surface area contributed by atoms with Crippen LogP contribution in [0.4, 0.5) is 0 Å². The minimum absolute atomic E-state index is 0.0692. The van der Waals surface area contributed by atoms with Gasteiger partial charge in [-0.15, -0.1) is 0 Å². The second-order valence-electron chi connectivity index (χ2n) is 3.07. The molecule has 0 aromatic heterocycles. The first-order valence-electron chi connectivity index (χ1n) is 4.35. The average molecular weight is 218 g/mol. The Kier molecular flexibility index (Phi) is 4.04. The van der Waals surface area contributed by atoms with Gasteiger partial charge in [-0.25, -0.2) is 0 Å². The molecule has 1 atom stereocenters. The molecule has 3 heteroatoms. The first-order valence-corrected chi connectivity index (χ1v) is 5.11. The summed E-state index contributed by atoms with van der Waals surface area (Å²) in [6, 6.07) is 5.62. The second kappa shape index (κ2) is 4.85. The topological polar surface area (TPSA) is 26.0 Å². The number of nitrogens with two attached hydrogens (primary N) is 1. The highest BCUT2D eigenvalue weighted by Crippen LogP contribution is 2.26. The Morgan fingerprint density at radius 3 is 2.54 bits per heavy atom. The maximum absolute atomic E-state index is 5.92. The van der Waals surface area contributed by atoms with Gasteiger partial charge in [0.1, 0.15) is 0 Å². The molecule has 0 aliphatic heterocycles. The van der Waals surface area contributed by atoms with Crippen LogP contribution in [0.5, 0.6) is 0 Å². The van der Waals surface area contributed by atoms with E-state index in [-0.39, 0.29) is 6.04 Å². The van der Waals surface area contributed by atoms with Gasteiger partial charge in [0.2, 0.25) is 0 Å². The van der Waals surface area contributed by atoms with E-state index < -0.39 is 0 Å². The minimum atomic E-state index is 0.0692. The molecule has 0 bridgehead atoms. The third kappa shape index (κ3) is 2.87. The van der Waals surface area contributed by atoms with Gasteiger partial charge >= 0.3 is 0 Å². The zero-order chi connectivity index (χ0) is 9.84. The van der Waals surface area contributed by atoms with E-state index in [1.54, 1.807) is 6.07 Å². The lowest BCUT2D eigenvalue weighted by Crippen LogP contribution is -2.09. The van der Waals surface area contributed by atoms with E-state index >= 15 is 0 Å². The molecule has 72 valence electrons. The van der Waals surface area contributed by atoms with Crippen LogP contribution in [0.2, 0.25) is 10.0 Å². The molecule has 0 saturated carbocycles. The smallest absolute Gasteiger partial charge is 0.0595 e. The van der Waals surface area contributed by atoms with Gasteiger partial charge in [-0.3, -0.25) is 0 Å². The predicted octanol–water partition coefficient (Wildman–Crippen LogP) is 3.79. The molecular formula is C10H13Cl2N. The van der Waals surface area contributed by atoms with Crippen LogP contribution in [0.3, 0.4) is 0 Å². The lowest BCUT2D eigenvalue weighted by molar-refractivity contribution is 0.638. The lowest BCUT2D eigenvalue weighted by atomic mass is 10.0. The van der Waals surface area contributed by atoms with Crippen LogP contribution in [0.25, 0.3) is 0 Å². The molecule has 0 spiro atoms. The van der Waals surface area contributed by atoms with Gasteiger partial charge in [-0.05, 0) is 24.1 Å². The third-order valence-corrected chi connectivity index (χ3v) is 2.71. The Morgan fingerprint density at radius 2 is 2.00 bits per heavy atom. The van der Waals surface area contributed by atoms with E-state index in [9.17, 15) is 0 Å². The molecule has 0 radical (unpaired) electrons. The first-order chi connectivity index (χ1) is 6.15. The Morgan fingerprint density at radius 1 is 1.31 bits per heavy atom. The molecular weight excluding hydrogens is 205 g/mol. The van der Waals surface area contributed by atoms with Crippen LogP contribution in [0.1, 0.15) is 31.4 Å². The van der Waals surface area contributed by atoms with E-state index in [1.807, 2.05) is 12.1 Å². The molecule has 0 saturated heterocycles. The van der Waals surface area contributed by atoms with Gasteiger partial charge in [-0.2, -0.15) is 0 Å². The fourth-order valence-corrected chi connectivity index (χ4v) is 1.53. The standard InChI is InChI=1S/C10H13Cl2N/c1-2-3-10(13)7-4-5-8(11)9(12)6-7/h4-6,10H,2-3,13H2,1H3. The first kappa shape index (κ1) is 10.8. The van der Waals surface area contributed by atoms with Crippen molar-refractivity contribution in [2.45, 2.75) is 25.8 Å². The van der Waals surface area contributed by atoms with Crippen LogP contribution in [-0.2, 0) is 0 Å². The maximum atomic E-state index is 5.92. The highest BCUT2D eigenvalue weighted by Gasteiger charge is 2.06. The summed E-state index contributed by atoms with van der Waals surface area (Å²) in [5.41, 5.74) is 6.97. The Labute approximate surface area is 88.8 Å². The summed E-state index contributed by atoms with van der Waals surface area (Å²) < 4.78 is 0.